The first-order valence-corrected chi connectivity index (χ1v) is 7.37. The highest BCUT2D eigenvalue weighted by Gasteiger charge is 2.09. The maximum atomic E-state index is 12.1. The van der Waals surface area contributed by atoms with Crippen molar-refractivity contribution in [2.75, 3.05) is 5.75 Å². The third kappa shape index (κ3) is 3.47. The molecule has 1 N–H and O–H groups in total. The van der Waals surface area contributed by atoms with E-state index >= 15 is 0 Å². The second-order valence-electron chi connectivity index (χ2n) is 4.53. The number of benzene rings is 1. The SMILES string of the molecule is CCSc1nc(C)c(Cc2ccc(C)cc2)c(=O)[nH]1. The van der Waals surface area contributed by atoms with E-state index in [0.717, 1.165) is 22.6 Å². The number of nitrogens with zero attached hydrogens (tertiary/aromatic N) is 1. The number of aromatic nitrogens is 2. The molecule has 3 nitrogen and oxygen atoms in total. The molecule has 0 aliphatic rings. The summed E-state index contributed by atoms with van der Waals surface area (Å²) in [7, 11) is 0. The monoisotopic (exact) mass is 274 g/mol. The van der Waals surface area contributed by atoms with Gasteiger partial charge in [-0.3, -0.25) is 4.79 Å². The number of rotatable bonds is 4. The van der Waals surface area contributed by atoms with E-state index in [0.29, 0.717) is 11.6 Å². The van der Waals surface area contributed by atoms with Gasteiger partial charge < -0.3 is 4.98 Å². The van der Waals surface area contributed by atoms with Crippen LogP contribution in [0.3, 0.4) is 0 Å². The second kappa shape index (κ2) is 6.06. The smallest absolute Gasteiger partial charge is 0.255 e. The Hall–Kier alpha value is -1.55. The molecule has 0 aliphatic carbocycles. The van der Waals surface area contributed by atoms with Gasteiger partial charge in [0.25, 0.3) is 5.56 Å². The molecule has 1 aromatic carbocycles. The summed E-state index contributed by atoms with van der Waals surface area (Å²) in [5.41, 5.74) is 3.91. The van der Waals surface area contributed by atoms with Crippen molar-refractivity contribution in [3.63, 3.8) is 0 Å². The van der Waals surface area contributed by atoms with Gasteiger partial charge in [0.05, 0.1) is 0 Å². The van der Waals surface area contributed by atoms with Crippen LogP contribution < -0.4 is 5.56 Å². The molecule has 0 aliphatic heterocycles. The van der Waals surface area contributed by atoms with Crippen molar-refractivity contribution in [3.05, 3.63) is 57.0 Å². The van der Waals surface area contributed by atoms with Crippen LogP contribution in [-0.4, -0.2) is 15.7 Å². The predicted octanol–water partition coefficient (Wildman–Crippen LogP) is 3.09. The van der Waals surface area contributed by atoms with Crippen molar-refractivity contribution >= 4 is 11.8 Å². The number of nitrogens with one attached hydrogen (secondary N) is 1. The maximum absolute atomic E-state index is 12.1. The van der Waals surface area contributed by atoms with Crippen LogP contribution in [0.2, 0.25) is 0 Å². The minimum atomic E-state index is -0.0241. The molecule has 2 aromatic rings. The fourth-order valence-electron chi connectivity index (χ4n) is 1.91. The Labute approximate surface area is 117 Å². The van der Waals surface area contributed by atoms with Crippen molar-refractivity contribution < 1.29 is 0 Å². The van der Waals surface area contributed by atoms with E-state index < -0.39 is 0 Å². The molecule has 0 saturated carbocycles. The lowest BCUT2D eigenvalue weighted by Crippen LogP contribution is -2.17. The minimum Gasteiger partial charge on any atom is -0.301 e. The van der Waals surface area contributed by atoms with Gasteiger partial charge in [0, 0.05) is 17.7 Å². The third-order valence-electron chi connectivity index (χ3n) is 2.98. The van der Waals surface area contributed by atoms with E-state index in [1.54, 1.807) is 11.8 Å². The topological polar surface area (TPSA) is 45.8 Å². The fourth-order valence-corrected chi connectivity index (χ4v) is 2.55. The van der Waals surface area contributed by atoms with Crippen molar-refractivity contribution in [1.29, 1.82) is 0 Å². The molecule has 0 saturated heterocycles. The standard InChI is InChI=1S/C15H18N2OS/c1-4-19-15-16-11(3)13(14(18)17-15)9-12-7-5-10(2)6-8-12/h5-8H,4,9H2,1-3H3,(H,16,17,18). The molecule has 0 unspecified atom stereocenters. The lowest BCUT2D eigenvalue weighted by molar-refractivity contribution is 0.867. The fraction of sp³-hybridized carbons (Fsp3) is 0.333. The average molecular weight is 274 g/mol. The van der Waals surface area contributed by atoms with E-state index in [1.165, 1.54) is 5.56 Å². The molecule has 0 fully saturated rings. The van der Waals surface area contributed by atoms with Gasteiger partial charge >= 0.3 is 0 Å². The summed E-state index contributed by atoms with van der Waals surface area (Å²) in [5.74, 6) is 0.902. The molecule has 0 atom stereocenters. The Morgan fingerprint density at radius 2 is 1.89 bits per heavy atom. The molecule has 0 amide bonds. The van der Waals surface area contributed by atoms with Crippen molar-refractivity contribution in [2.45, 2.75) is 32.3 Å². The number of H-pyrrole nitrogens is 1. The quantitative estimate of drug-likeness (QED) is 0.688. The molecule has 0 radical (unpaired) electrons. The van der Waals surface area contributed by atoms with E-state index in [4.69, 9.17) is 0 Å². The van der Waals surface area contributed by atoms with Gasteiger partial charge in [0.2, 0.25) is 0 Å². The van der Waals surface area contributed by atoms with Crippen LogP contribution in [0.15, 0.2) is 34.2 Å². The van der Waals surface area contributed by atoms with Gasteiger partial charge in [-0.1, -0.05) is 48.5 Å². The zero-order valence-corrected chi connectivity index (χ0v) is 12.3. The van der Waals surface area contributed by atoms with Gasteiger partial charge in [-0.2, -0.15) is 0 Å². The molecule has 0 spiro atoms. The molecule has 100 valence electrons. The molecule has 1 heterocycles. The summed E-state index contributed by atoms with van der Waals surface area (Å²) in [4.78, 5) is 19.4. The lowest BCUT2D eigenvalue weighted by Gasteiger charge is -2.07. The Kier molecular flexibility index (Phi) is 4.43. The van der Waals surface area contributed by atoms with Crippen LogP contribution in [0, 0.1) is 13.8 Å². The Bertz CT molecular complexity index is 617. The first kappa shape index (κ1) is 13.9. The molecule has 4 heteroatoms. The third-order valence-corrected chi connectivity index (χ3v) is 3.74. The number of aryl methyl sites for hydroxylation is 2. The second-order valence-corrected chi connectivity index (χ2v) is 5.78. The number of hydrogen-bond acceptors (Lipinski definition) is 3. The molecule has 1 aromatic heterocycles. The van der Waals surface area contributed by atoms with E-state index in [1.807, 2.05) is 13.8 Å². The first-order chi connectivity index (χ1) is 9.10. The molecule has 0 bridgehead atoms. The summed E-state index contributed by atoms with van der Waals surface area (Å²) >= 11 is 1.55. The Balaban J connectivity index is 2.30. The molecule has 19 heavy (non-hydrogen) atoms. The summed E-state index contributed by atoms with van der Waals surface area (Å²) in [6.45, 7) is 6.00. The normalized spacial score (nSPS) is 10.7. The Morgan fingerprint density at radius 3 is 2.47 bits per heavy atom. The number of hydrogen-bond donors (Lipinski definition) is 1. The molecular weight excluding hydrogens is 256 g/mol. The molecular formula is C15H18N2OS. The zero-order valence-electron chi connectivity index (χ0n) is 11.5. The predicted molar refractivity (Wildman–Crippen MR) is 80.0 cm³/mol. The van der Waals surface area contributed by atoms with Crippen LogP contribution >= 0.6 is 11.8 Å². The highest BCUT2D eigenvalue weighted by molar-refractivity contribution is 7.99. The Morgan fingerprint density at radius 1 is 1.21 bits per heavy atom. The van der Waals surface area contributed by atoms with Crippen LogP contribution in [0.5, 0.6) is 0 Å². The van der Waals surface area contributed by atoms with Gasteiger partial charge in [0.15, 0.2) is 5.16 Å². The number of aromatic amines is 1. The van der Waals surface area contributed by atoms with Gasteiger partial charge in [-0.15, -0.1) is 0 Å². The zero-order chi connectivity index (χ0) is 13.8. The summed E-state index contributed by atoms with van der Waals surface area (Å²) in [6, 6.07) is 8.24. The average Bonchev–Trinajstić information content (AvgIpc) is 2.36. The van der Waals surface area contributed by atoms with Crippen LogP contribution in [0.4, 0.5) is 0 Å². The largest absolute Gasteiger partial charge is 0.301 e. The van der Waals surface area contributed by atoms with E-state index in [9.17, 15) is 4.79 Å². The van der Waals surface area contributed by atoms with Crippen molar-refractivity contribution in [3.8, 4) is 0 Å². The van der Waals surface area contributed by atoms with E-state index in [2.05, 4.69) is 41.2 Å². The summed E-state index contributed by atoms with van der Waals surface area (Å²) in [5, 5.41) is 0.706. The minimum absolute atomic E-state index is 0.0241. The van der Waals surface area contributed by atoms with Crippen LogP contribution in [0.25, 0.3) is 0 Å². The van der Waals surface area contributed by atoms with Gasteiger partial charge in [-0.25, -0.2) is 4.98 Å². The highest BCUT2D eigenvalue weighted by Crippen LogP contribution is 2.14. The molecule has 2 rings (SSSR count). The summed E-state index contributed by atoms with van der Waals surface area (Å²) < 4.78 is 0. The summed E-state index contributed by atoms with van der Waals surface area (Å²) in [6.07, 6.45) is 0.630. The van der Waals surface area contributed by atoms with Gasteiger partial charge in [0.1, 0.15) is 0 Å². The van der Waals surface area contributed by atoms with Crippen LogP contribution in [0.1, 0.15) is 29.3 Å². The van der Waals surface area contributed by atoms with Gasteiger partial charge in [-0.05, 0) is 25.2 Å². The van der Waals surface area contributed by atoms with E-state index in [-0.39, 0.29) is 5.56 Å². The highest BCUT2D eigenvalue weighted by atomic mass is 32.2. The van der Waals surface area contributed by atoms with Crippen molar-refractivity contribution in [1.82, 2.24) is 9.97 Å². The maximum Gasteiger partial charge on any atom is 0.255 e. The van der Waals surface area contributed by atoms with Crippen LogP contribution in [-0.2, 0) is 6.42 Å². The lowest BCUT2D eigenvalue weighted by atomic mass is 10.0. The first-order valence-electron chi connectivity index (χ1n) is 6.38. The number of thioether (sulfide) groups is 1. The van der Waals surface area contributed by atoms with Crippen molar-refractivity contribution in [2.24, 2.45) is 0 Å².